The highest BCUT2D eigenvalue weighted by Gasteiger charge is 2.14. The number of benzene rings is 1. The van der Waals surface area contributed by atoms with E-state index in [9.17, 15) is 9.18 Å². The van der Waals surface area contributed by atoms with Crippen LogP contribution < -0.4 is 5.32 Å². The molecule has 0 bridgehead atoms. The van der Waals surface area contributed by atoms with Crippen molar-refractivity contribution in [1.29, 1.82) is 0 Å². The summed E-state index contributed by atoms with van der Waals surface area (Å²) in [5, 5.41) is 2.76. The van der Waals surface area contributed by atoms with Crippen LogP contribution in [0.4, 0.5) is 4.39 Å². The SMILES string of the molecule is CC(C)[C@H](C)NC(=O)c1ccccc1F. The molecule has 1 aromatic rings. The molecular formula is C12H16FNO. The molecule has 0 heterocycles. The van der Waals surface area contributed by atoms with Gasteiger partial charge >= 0.3 is 0 Å². The fourth-order valence-corrected chi connectivity index (χ4v) is 1.10. The summed E-state index contributed by atoms with van der Waals surface area (Å²) in [7, 11) is 0. The zero-order valence-electron chi connectivity index (χ0n) is 9.25. The molecule has 2 nitrogen and oxygen atoms in total. The van der Waals surface area contributed by atoms with Crippen LogP contribution in [0.25, 0.3) is 0 Å². The van der Waals surface area contributed by atoms with Crippen LogP contribution in [0, 0.1) is 11.7 Å². The molecule has 0 aliphatic carbocycles. The van der Waals surface area contributed by atoms with Crippen LogP contribution >= 0.6 is 0 Å². The second-order valence-electron chi connectivity index (χ2n) is 3.99. The summed E-state index contributed by atoms with van der Waals surface area (Å²) in [5.74, 6) is -0.499. The van der Waals surface area contributed by atoms with Crippen LogP contribution in [0.15, 0.2) is 24.3 Å². The maximum Gasteiger partial charge on any atom is 0.254 e. The standard InChI is InChI=1S/C12H16FNO/c1-8(2)9(3)14-12(15)10-6-4-5-7-11(10)13/h4-9H,1-3H3,(H,14,15)/t9-/m0/s1. The second-order valence-corrected chi connectivity index (χ2v) is 3.99. The average molecular weight is 209 g/mol. The molecule has 0 radical (unpaired) electrons. The minimum absolute atomic E-state index is 0.0390. The smallest absolute Gasteiger partial charge is 0.254 e. The minimum atomic E-state index is -0.481. The summed E-state index contributed by atoms with van der Waals surface area (Å²) < 4.78 is 13.2. The molecule has 1 N–H and O–H groups in total. The van der Waals surface area contributed by atoms with Gasteiger partial charge in [-0.3, -0.25) is 4.79 Å². The molecule has 0 spiro atoms. The number of halogens is 1. The first kappa shape index (κ1) is 11.7. The van der Waals surface area contributed by atoms with Crippen LogP contribution in [0.1, 0.15) is 31.1 Å². The average Bonchev–Trinajstić information content (AvgIpc) is 2.18. The van der Waals surface area contributed by atoms with Crippen LogP contribution in [0.3, 0.4) is 0 Å². The summed E-state index contributed by atoms with van der Waals surface area (Å²) >= 11 is 0. The van der Waals surface area contributed by atoms with Crippen molar-refractivity contribution >= 4 is 5.91 Å². The monoisotopic (exact) mass is 209 g/mol. The van der Waals surface area contributed by atoms with E-state index in [0.717, 1.165) is 0 Å². The lowest BCUT2D eigenvalue weighted by atomic mass is 10.1. The Balaban J connectivity index is 2.74. The Morgan fingerprint density at radius 2 is 1.87 bits per heavy atom. The molecule has 1 aromatic carbocycles. The first-order valence-corrected chi connectivity index (χ1v) is 5.07. The van der Waals surface area contributed by atoms with E-state index >= 15 is 0 Å². The largest absolute Gasteiger partial charge is 0.349 e. The molecule has 0 aromatic heterocycles. The van der Waals surface area contributed by atoms with Gasteiger partial charge in [-0.1, -0.05) is 26.0 Å². The predicted molar refractivity (Wildman–Crippen MR) is 58.2 cm³/mol. The number of amides is 1. The molecule has 3 heteroatoms. The van der Waals surface area contributed by atoms with E-state index in [1.54, 1.807) is 12.1 Å². The molecule has 1 atom stereocenters. The van der Waals surface area contributed by atoms with Gasteiger partial charge in [-0.25, -0.2) is 4.39 Å². The molecule has 0 saturated heterocycles. The Kier molecular flexibility index (Phi) is 3.83. The van der Waals surface area contributed by atoms with Gasteiger partial charge in [-0.15, -0.1) is 0 Å². The Morgan fingerprint density at radius 3 is 2.40 bits per heavy atom. The van der Waals surface area contributed by atoms with Crippen molar-refractivity contribution in [2.45, 2.75) is 26.8 Å². The summed E-state index contributed by atoms with van der Waals surface area (Å²) in [6, 6.07) is 6.03. The lowest BCUT2D eigenvalue weighted by Gasteiger charge is -2.17. The maximum atomic E-state index is 13.2. The first-order chi connectivity index (χ1) is 7.02. The number of carbonyl (C=O) groups excluding carboxylic acids is 1. The summed E-state index contributed by atoms with van der Waals surface area (Å²) in [6.45, 7) is 5.92. The third-order valence-electron chi connectivity index (χ3n) is 2.48. The number of hydrogen-bond acceptors (Lipinski definition) is 1. The molecule has 0 saturated carbocycles. The van der Waals surface area contributed by atoms with Crippen molar-refractivity contribution in [3.8, 4) is 0 Å². The number of hydrogen-bond donors (Lipinski definition) is 1. The molecule has 0 unspecified atom stereocenters. The van der Waals surface area contributed by atoms with Gasteiger partial charge < -0.3 is 5.32 Å². The number of nitrogens with one attached hydrogen (secondary N) is 1. The molecule has 1 rings (SSSR count). The van der Waals surface area contributed by atoms with Crippen molar-refractivity contribution in [1.82, 2.24) is 5.32 Å². The van der Waals surface area contributed by atoms with Gasteiger partial charge in [0.15, 0.2) is 0 Å². The van der Waals surface area contributed by atoms with Gasteiger partial charge in [-0.05, 0) is 25.0 Å². The molecule has 0 aliphatic rings. The van der Waals surface area contributed by atoms with Crippen molar-refractivity contribution in [3.63, 3.8) is 0 Å². The van der Waals surface area contributed by atoms with E-state index in [1.165, 1.54) is 12.1 Å². The van der Waals surface area contributed by atoms with E-state index in [0.29, 0.717) is 5.92 Å². The zero-order chi connectivity index (χ0) is 11.4. The number of rotatable bonds is 3. The van der Waals surface area contributed by atoms with Crippen LogP contribution in [-0.2, 0) is 0 Å². The predicted octanol–water partition coefficient (Wildman–Crippen LogP) is 2.60. The molecule has 82 valence electrons. The normalized spacial score (nSPS) is 12.6. The maximum absolute atomic E-state index is 13.2. The Morgan fingerprint density at radius 1 is 1.27 bits per heavy atom. The first-order valence-electron chi connectivity index (χ1n) is 5.07. The summed E-state index contributed by atoms with van der Waals surface area (Å²) in [4.78, 5) is 11.6. The van der Waals surface area contributed by atoms with Gasteiger partial charge in [0.05, 0.1) is 5.56 Å². The zero-order valence-corrected chi connectivity index (χ0v) is 9.25. The van der Waals surface area contributed by atoms with Crippen molar-refractivity contribution in [2.75, 3.05) is 0 Å². The highest BCUT2D eigenvalue weighted by Crippen LogP contribution is 2.07. The van der Waals surface area contributed by atoms with E-state index in [2.05, 4.69) is 5.32 Å². The Hall–Kier alpha value is -1.38. The van der Waals surface area contributed by atoms with Gasteiger partial charge in [0.1, 0.15) is 5.82 Å². The summed E-state index contributed by atoms with van der Waals surface area (Å²) in [5.41, 5.74) is 0.102. The van der Waals surface area contributed by atoms with E-state index in [-0.39, 0.29) is 17.5 Å². The van der Waals surface area contributed by atoms with Crippen LogP contribution in [0.5, 0.6) is 0 Å². The molecule has 1 amide bonds. The molecule has 0 fully saturated rings. The molecular weight excluding hydrogens is 193 g/mol. The van der Waals surface area contributed by atoms with Gasteiger partial charge in [0.25, 0.3) is 5.91 Å². The topological polar surface area (TPSA) is 29.1 Å². The van der Waals surface area contributed by atoms with Crippen molar-refractivity contribution < 1.29 is 9.18 Å². The Labute approximate surface area is 89.5 Å². The van der Waals surface area contributed by atoms with Crippen LogP contribution in [0.2, 0.25) is 0 Å². The highest BCUT2D eigenvalue weighted by molar-refractivity contribution is 5.94. The van der Waals surface area contributed by atoms with Crippen LogP contribution in [-0.4, -0.2) is 11.9 Å². The molecule has 0 aliphatic heterocycles. The third-order valence-corrected chi connectivity index (χ3v) is 2.48. The lowest BCUT2D eigenvalue weighted by molar-refractivity contribution is 0.0926. The van der Waals surface area contributed by atoms with Gasteiger partial charge in [-0.2, -0.15) is 0 Å². The minimum Gasteiger partial charge on any atom is -0.349 e. The fourth-order valence-electron chi connectivity index (χ4n) is 1.10. The quantitative estimate of drug-likeness (QED) is 0.814. The summed E-state index contributed by atoms with van der Waals surface area (Å²) in [6.07, 6.45) is 0. The fraction of sp³-hybridized carbons (Fsp3) is 0.417. The van der Waals surface area contributed by atoms with Gasteiger partial charge in [0, 0.05) is 6.04 Å². The van der Waals surface area contributed by atoms with Crippen molar-refractivity contribution in [2.24, 2.45) is 5.92 Å². The second kappa shape index (κ2) is 4.91. The highest BCUT2D eigenvalue weighted by atomic mass is 19.1. The molecule has 15 heavy (non-hydrogen) atoms. The van der Waals surface area contributed by atoms with E-state index in [4.69, 9.17) is 0 Å². The van der Waals surface area contributed by atoms with Gasteiger partial charge in [0.2, 0.25) is 0 Å². The van der Waals surface area contributed by atoms with Crippen molar-refractivity contribution in [3.05, 3.63) is 35.6 Å². The van der Waals surface area contributed by atoms with E-state index in [1.807, 2.05) is 20.8 Å². The third kappa shape index (κ3) is 3.05. The Bertz CT molecular complexity index is 349. The lowest BCUT2D eigenvalue weighted by Crippen LogP contribution is -2.36. The number of carbonyl (C=O) groups is 1. The van der Waals surface area contributed by atoms with E-state index < -0.39 is 5.82 Å².